The lowest BCUT2D eigenvalue weighted by Gasteiger charge is -2.39. The van der Waals surface area contributed by atoms with Gasteiger partial charge in [0.05, 0.1) is 6.20 Å². The molecular formula is C19H23ClN4O. The number of benzene rings is 1. The maximum atomic E-state index is 12.1. The summed E-state index contributed by atoms with van der Waals surface area (Å²) in [4.78, 5) is 16.5. The number of aromatic nitrogens is 2. The maximum absolute atomic E-state index is 12.1. The van der Waals surface area contributed by atoms with Gasteiger partial charge in [0.15, 0.2) is 0 Å². The summed E-state index contributed by atoms with van der Waals surface area (Å²) < 4.78 is 1.85. The number of likely N-dealkylation sites (tertiary alicyclic amines) is 1. The SMILES string of the molecule is CC(=O)N1CC2(CCN(Cc3cnn(C)c3)CC2)c2cc(Cl)ccc21. The normalized spacial score (nSPS) is 19.4. The minimum Gasteiger partial charge on any atom is -0.311 e. The van der Waals surface area contributed by atoms with Crippen LogP contribution in [0.3, 0.4) is 0 Å². The van der Waals surface area contributed by atoms with Gasteiger partial charge in [-0.3, -0.25) is 14.4 Å². The quantitative estimate of drug-likeness (QED) is 0.828. The van der Waals surface area contributed by atoms with Crippen molar-refractivity contribution >= 4 is 23.2 Å². The van der Waals surface area contributed by atoms with Gasteiger partial charge < -0.3 is 4.90 Å². The summed E-state index contributed by atoms with van der Waals surface area (Å²) in [5.41, 5.74) is 3.57. The minimum absolute atomic E-state index is 0.0390. The summed E-state index contributed by atoms with van der Waals surface area (Å²) in [6, 6.07) is 5.94. The fraction of sp³-hybridized carbons (Fsp3) is 0.474. The Labute approximate surface area is 153 Å². The molecule has 6 heteroatoms. The van der Waals surface area contributed by atoms with Crippen molar-refractivity contribution in [2.24, 2.45) is 7.05 Å². The topological polar surface area (TPSA) is 41.4 Å². The lowest BCUT2D eigenvalue weighted by atomic mass is 9.74. The van der Waals surface area contributed by atoms with E-state index in [4.69, 9.17) is 11.6 Å². The third-order valence-corrected chi connectivity index (χ3v) is 5.87. The molecule has 1 aromatic carbocycles. The van der Waals surface area contributed by atoms with Gasteiger partial charge in [-0.25, -0.2) is 0 Å². The summed E-state index contributed by atoms with van der Waals surface area (Å²) in [6.07, 6.45) is 6.10. The average Bonchev–Trinajstić information content (AvgIpc) is 3.12. The van der Waals surface area contributed by atoms with Crippen molar-refractivity contribution in [1.29, 1.82) is 0 Å². The lowest BCUT2D eigenvalue weighted by molar-refractivity contribution is -0.116. The van der Waals surface area contributed by atoms with Crippen molar-refractivity contribution in [3.63, 3.8) is 0 Å². The van der Waals surface area contributed by atoms with Gasteiger partial charge >= 0.3 is 0 Å². The number of amides is 1. The number of hydrogen-bond acceptors (Lipinski definition) is 3. The Morgan fingerprint density at radius 1 is 1.32 bits per heavy atom. The van der Waals surface area contributed by atoms with Gasteiger partial charge in [-0.2, -0.15) is 5.10 Å². The summed E-state index contributed by atoms with van der Waals surface area (Å²) in [6.45, 7) is 5.40. The molecule has 0 saturated carbocycles. The summed E-state index contributed by atoms with van der Waals surface area (Å²) >= 11 is 6.27. The molecule has 0 aliphatic carbocycles. The van der Waals surface area contributed by atoms with Gasteiger partial charge in [0.2, 0.25) is 5.91 Å². The first-order chi connectivity index (χ1) is 12.0. The molecule has 0 unspecified atom stereocenters. The van der Waals surface area contributed by atoms with Gasteiger partial charge in [-0.15, -0.1) is 0 Å². The van der Waals surface area contributed by atoms with E-state index in [0.29, 0.717) is 0 Å². The molecule has 2 aromatic rings. The number of fused-ring (bicyclic) bond motifs is 2. The van der Waals surface area contributed by atoms with Crippen molar-refractivity contribution in [2.75, 3.05) is 24.5 Å². The van der Waals surface area contributed by atoms with Crippen molar-refractivity contribution in [3.05, 3.63) is 46.7 Å². The lowest BCUT2D eigenvalue weighted by Crippen LogP contribution is -2.45. The first-order valence-corrected chi connectivity index (χ1v) is 9.13. The van der Waals surface area contributed by atoms with Crippen LogP contribution in [0.2, 0.25) is 5.02 Å². The maximum Gasteiger partial charge on any atom is 0.223 e. The van der Waals surface area contributed by atoms with E-state index in [1.165, 1.54) is 11.1 Å². The molecule has 0 radical (unpaired) electrons. The number of piperidine rings is 1. The van der Waals surface area contributed by atoms with Crippen LogP contribution in [-0.2, 0) is 23.8 Å². The number of carbonyl (C=O) groups excluding carboxylic acids is 1. The number of aryl methyl sites for hydroxylation is 1. The summed E-state index contributed by atoms with van der Waals surface area (Å²) in [5, 5.41) is 5.00. The average molecular weight is 359 g/mol. The van der Waals surface area contributed by atoms with E-state index in [0.717, 1.165) is 49.7 Å². The molecule has 2 aliphatic rings. The second-order valence-corrected chi connectivity index (χ2v) is 7.78. The Morgan fingerprint density at radius 2 is 2.08 bits per heavy atom. The molecule has 5 nitrogen and oxygen atoms in total. The van der Waals surface area contributed by atoms with Crippen LogP contribution < -0.4 is 4.90 Å². The van der Waals surface area contributed by atoms with Crippen molar-refractivity contribution < 1.29 is 4.79 Å². The molecule has 1 amide bonds. The van der Waals surface area contributed by atoms with Crippen LogP contribution in [0, 0.1) is 0 Å². The highest BCUT2D eigenvalue weighted by molar-refractivity contribution is 6.30. The predicted octanol–water partition coefficient (Wildman–Crippen LogP) is 2.97. The summed E-state index contributed by atoms with van der Waals surface area (Å²) in [5.74, 6) is 0.109. The Kier molecular flexibility index (Phi) is 4.08. The Morgan fingerprint density at radius 3 is 2.72 bits per heavy atom. The van der Waals surface area contributed by atoms with E-state index < -0.39 is 0 Å². The van der Waals surface area contributed by atoms with Crippen LogP contribution in [0.4, 0.5) is 5.69 Å². The van der Waals surface area contributed by atoms with Gasteiger partial charge in [0.25, 0.3) is 0 Å². The summed E-state index contributed by atoms with van der Waals surface area (Å²) in [7, 11) is 1.95. The van der Waals surface area contributed by atoms with Crippen LogP contribution in [0.5, 0.6) is 0 Å². The fourth-order valence-electron chi connectivity index (χ4n) is 4.30. The highest BCUT2D eigenvalue weighted by Gasteiger charge is 2.45. The second kappa shape index (κ2) is 6.15. The molecule has 1 saturated heterocycles. The molecule has 132 valence electrons. The van der Waals surface area contributed by atoms with Crippen LogP contribution in [0.15, 0.2) is 30.6 Å². The molecule has 2 aliphatic heterocycles. The van der Waals surface area contributed by atoms with E-state index in [9.17, 15) is 4.79 Å². The Balaban J connectivity index is 1.54. The zero-order valence-corrected chi connectivity index (χ0v) is 15.5. The van der Waals surface area contributed by atoms with E-state index in [-0.39, 0.29) is 11.3 Å². The number of halogens is 1. The van der Waals surface area contributed by atoms with Gasteiger partial charge in [-0.05, 0) is 49.7 Å². The first kappa shape index (κ1) is 16.6. The van der Waals surface area contributed by atoms with Gasteiger partial charge in [-0.1, -0.05) is 11.6 Å². The highest BCUT2D eigenvalue weighted by atomic mass is 35.5. The van der Waals surface area contributed by atoms with E-state index in [2.05, 4.69) is 22.3 Å². The smallest absolute Gasteiger partial charge is 0.223 e. The number of carbonyl (C=O) groups is 1. The molecule has 0 N–H and O–H groups in total. The van der Waals surface area contributed by atoms with Crippen molar-refractivity contribution in [2.45, 2.75) is 31.7 Å². The van der Waals surface area contributed by atoms with Crippen LogP contribution in [-0.4, -0.2) is 40.2 Å². The monoisotopic (exact) mass is 358 g/mol. The first-order valence-electron chi connectivity index (χ1n) is 8.75. The molecule has 0 atom stereocenters. The largest absolute Gasteiger partial charge is 0.311 e. The standard InChI is InChI=1S/C19H23ClN4O/c1-14(25)24-13-19(17-9-16(20)3-4-18(17)24)5-7-23(8-6-19)12-15-10-21-22(2)11-15/h3-4,9-11H,5-8,12-13H2,1-2H3. The highest BCUT2D eigenvalue weighted by Crippen LogP contribution is 2.48. The number of nitrogens with zero attached hydrogens (tertiary/aromatic N) is 4. The van der Waals surface area contributed by atoms with Gasteiger partial charge in [0, 0.05) is 54.9 Å². The van der Waals surface area contributed by atoms with Gasteiger partial charge in [0.1, 0.15) is 0 Å². The number of rotatable bonds is 2. The van der Waals surface area contributed by atoms with Crippen molar-refractivity contribution in [3.8, 4) is 0 Å². The second-order valence-electron chi connectivity index (χ2n) is 7.35. The number of hydrogen-bond donors (Lipinski definition) is 0. The third-order valence-electron chi connectivity index (χ3n) is 5.64. The van der Waals surface area contributed by atoms with Crippen LogP contribution >= 0.6 is 11.6 Å². The minimum atomic E-state index is 0.0390. The van der Waals surface area contributed by atoms with E-state index in [1.807, 2.05) is 35.0 Å². The zero-order chi connectivity index (χ0) is 17.6. The Bertz CT molecular complexity index is 808. The van der Waals surface area contributed by atoms with Crippen LogP contribution in [0.1, 0.15) is 30.9 Å². The van der Waals surface area contributed by atoms with Crippen LogP contribution in [0.25, 0.3) is 0 Å². The predicted molar refractivity (Wildman–Crippen MR) is 98.9 cm³/mol. The molecule has 1 aromatic heterocycles. The number of anilines is 1. The van der Waals surface area contributed by atoms with E-state index in [1.54, 1.807) is 6.92 Å². The molecule has 4 rings (SSSR count). The molecule has 1 spiro atoms. The zero-order valence-electron chi connectivity index (χ0n) is 14.7. The molecule has 3 heterocycles. The van der Waals surface area contributed by atoms with E-state index >= 15 is 0 Å². The fourth-order valence-corrected chi connectivity index (χ4v) is 4.47. The molecular weight excluding hydrogens is 336 g/mol. The molecule has 25 heavy (non-hydrogen) atoms. The van der Waals surface area contributed by atoms with Crippen molar-refractivity contribution in [1.82, 2.24) is 14.7 Å². The molecule has 0 bridgehead atoms. The molecule has 1 fully saturated rings. The Hall–Kier alpha value is -1.85. The third kappa shape index (κ3) is 2.96.